The van der Waals surface area contributed by atoms with Gasteiger partial charge in [-0.05, 0) is 23.8 Å². The molecule has 2 aromatic carbocycles. The van der Waals surface area contributed by atoms with Gasteiger partial charge in [0, 0.05) is 16.0 Å². The highest BCUT2D eigenvalue weighted by Gasteiger charge is 2.13. The Morgan fingerprint density at radius 2 is 1.86 bits per heavy atom. The summed E-state index contributed by atoms with van der Waals surface area (Å²) in [5, 5.41) is 12.0. The van der Waals surface area contributed by atoms with E-state index in [2.05, 4.69) is 28.2 Å². The molecule has 0 spiro atoms. The first-order valence-electron chi connectivity index (χ1n) is 8.69. The second kappa shape index (κ2) is 8.68. The third kappa shape index (κ3) is 4.32. The number of fused-ring (bicyclic) bond motifs is 1. The molecule has 142 valence electrons. The fourth-order valence-electron chi connectivity index (χ4n) is 2.66. The van der Waals surface area contributed by atoms with Gasteiger partial charge in [-0.2, -0.15) is 0 Å². The summed E-state index contributed by atoms with van der Waals surface area (Å²) in [6.45, 7) is 0.0149. The first kappa shape index (κ1) is 18.9. The summed E-state index contributed by atoms with van der Waals surface area (Å²) in [5.41, 5.74) is 1.14. The fourth-order valence-corrected chi connectivity index (χ4v) is 4.61. The van der Waals surface area contributed by atoms with Gasteiger partial charge in [-0.1, -0.05) is 42.5 Å². The van der Waals surface area contributed by atoms with Crippen molar-refractivity contribution in [2.24, 2.45) is 0 Å². The minimum Gasteiger partial charge on any atom is -0.488 e. The molecule has 4 nitrogen and oxygen atoms in total. The van der Waals surface area contributed by atoms with Gasteiger partial charge in [0.1, 0.15) is 22.8 Å². The quantitative estimate of drug-likeness (QED) is 0.341. The molecule has 1 atom stereocenters. The van der Waals surface area contributed by atoms with Crippen molar-refractivity contribution in [3.63, 3.8) is 0 Å². The maximum absolute atomic E-state index is 13.6. The molecular weight excluding hydrogens is 395 g/mol. The predicted molar refractivity (Wildman–Crippen MR) is 111 cm³/mol. The van der Waals surface area contributed by atoms with Crippen LogP contribution in [0.4, 0.5) is 4.39 Å². The van der Waals surface area contributed by atoms with Crippen molar-refractivity contribution in [2.45, 2.75) is 11.1 Å². The Morgan fingerprint density at radius 1 is 1.07 bits per heavy atom. The van der Waals surface area contributed by atoms with Crippen LogP contribution in [-0.4, -0.2) is 33.5 Å². The van der Waals surface area contributed by atoms with Gasteiger partial charge in [0.15, 0.2) is 11.6 Å². The lowest BCUT2D eigenvalue weighted by atomic mass is 10.2. The Morgan fingerprint density at radius 3 is 2.68 bits per heavy atom. The number of hydrogen-bond acceptors (Lipinski definition) is 6. The summed E-state index contributed by atoms with van der Waals surface area (Å²) >= 11 is 3.05. The Kier molecular flexibility index (Phi) is 5.85. The number of aliphatic hydroxyl groups is 1. The van der Waals surface area contributed by atoms with Crippen LogP contribution in [0.15, 0.2) is 72.0 Å². The van der Waals surface area contributed by atoms with Crippen LogP contribution in [0.1, 0.15) is 0 Å². The second-order valence-corrected chi connectivity index (χ2v) is 8.12. The van der Waals surface area contributed by atoms with Gasteiger partial charge in [-0.25, -0.2) is 14.4 Å². The van der Waals surface area contributed by atoms with Crippen molar-refractivity contribution in [3.8, 4) is 16.2 Å². The zero-order chi connectivity index (χ0) is 19.3. The monoisotopic (exact) mass is 412 g/mol. The fraction of sp³-hybridized carbons (Fsp3) is 0.143. The third-order valence-electron chi connectivity index (χ3n) is 4.03. The molecule has 0 unspecified atom stereocenters. The standard InChI is InChI=1S/C21H17FN2O2S2/c22-17-8-4-5-9-18(17)26-11-15(25)12-27-20-16-10-19(14-6-2-1-3-7-14)28-21(16)24-13-23-20/h1-10,13,15,25H,11-12H2/t15-/m1/s1. The van der Waals surface area contributed by atoms with E-state index in [1.807, 2.05) is 18.2 Å². The van der Waals surface area contributed by atoms with E-state index < -0.39 is 11.9 Å². The lowest BCUT2D eigenvalue weighted by molar-refractivity contribution is 0.123. The van der Waals surface area contributed by atoms with E-state index in [0.717, 1.165) is 25.7 Å². The second-order valence-electron chi connectivity index (χ2n) is 6.08. The van der Waals surface area contributed by atoms with Crippen LogP contribution in [0, 0.1) is 5.82 Å². The van der Waals surface area contributed by atoms with E-state index in [1.54, 1.807) is 29.5 Å². The number of thiophene rings is 1. The highest BCUT2D eigenvalue weighted by molar-refractivity contribution is 7.99. The zero-order valence-electron chi connectivity index (χ0n) is 14.8. The van der Waals surface area contributed by atoms with Crippen LogP contribution in [0.3, 0.4) is 0 Å². The summed E-state index contributed by atoms with van der Waals surface area (Å²) in [5.74, 6) is 0.0877. The number of hydrogen-bond donors (Lipinski definition) is 1. The van der Waals surface area contributed by atoms with Gasteiger partial charge in [-0.15, -0.1) is 23.1 Å². The van der Waals surface area contributed by atoms with Gasteiger partial charge >= 0.3 is 0 Å². The minimum absolute atomic E-state index is 0.0149. The number of para-hydroxylation sites is 1. The van der Waals surface area contributed by atoms with Crippen LogP contribution in [-0.2, 0) is 0 Å². The largest absolute Gasteiger partial charge is 0.488 e. The molecule has 0 amide bonds. The number of benzene rings is 2. The Balaban J connectivity index is 1.43. The number of aliphatic hydroxyl groups excluding tert-OH is 1. The lowest BCUT2D eigenvalue weighted by Crippen LogP contribution is -2.20. The summed E-state index contributed by atoms with van der Waals surface area (Å²) < 4.78 is 18.9. The van der Waals surface area contributed by atoms with Crippen molar-refractivity contribution in [2.75, 3.05) is 12.4 Å². The molecule has 7 heteroatoms. The molecule has 0 radical (unpaired) electrons. The molecule has 1 N–H and O–H groups in total. The smallest absolute Gasteiger partial charge is 0.165 e. The molecule has 0 bridgehead atoms. The highest BCUT2D eigenvalue weighted by atomic mass is 32.2. The highest BCUT2D eigenvalue weighted by Crippen LogP contribution is 2.36. The molecule has 0 saturated carbocycles. The number of thioether (sulfide) groups is 1. The van der Waals surface area contributed by atoms with Crippen LogP contribution < -0.4 is 4.74 Å². The number of aromatic nitrogens is 2. The molecule has 0 aliphatic rings. The summed E-state index contributed by atoms with van der Waals surface area (Å²) in [6, 6.07) is 18.4. The molecule has 0 aliphatic carbocycles. The number of halogens is 1. The number of nitrogens with zero attached hydrogens (tertiary/aromatic N) is 2. The molecule has 0 aliphatic heterocycles. The van der Waals surface area contributed by atoms with E-state index >= 15 is 0 Å². The first-order valence-corrected chi connectivity index (χ1v) is 10.5. The molecule has 28 heavy (non-hydrogen) atoms. The molecule has 2 aromatic heterocycles. The van der Waals surface area contributed by atoms with Gasteiger partial charge < -0.3 is 9.84 Å². The van der Waals surface area contributed by atoms with Crippen LogP contribution >= 0.6 is 23.1 Å². The van der Waals surface area contributed by atoms with Crippen LogP contribution in [0.5, 0.6) is 5.75 Å². The van der Waals surface area contributed by atoms with E-state index in [-0.39, 0.29) is 12.4 Å². The van der Waals surface area contributed by atoms with Crippen molar-refractivity contribution < 1.29 is 14.2 Å². The van der Waals surface area contributed by atoms with Crippen molar-refractivity contribution in [1.29, 1.82) is 0 Å². The predicted octanol–water partition coefficient (Wildman–Crippen LogP) is 5.03. The Bertz CT molecular complexity index is 1070. The van der Waals surface area contributed by atoms with Crippen LogP contribution in [0.25, 0.3) is 20.7 Å². The Hall–Kier alpha value is -2.48. The average molecular weight is 413 g/mol. The maximum atomic E-state index is 13.6. The van der Waals surface area contributed by atoms with E-state index in [4.69, 9.17) is 4.74 Å². The van der Waals surface area contributed by atoms with E-state index in [9.17, 15) is 9.50 Å². The first-order chi connectivity index (χ1) is 13.7. The molecular formula is C21H17FN2O2S2. The average Bonchev–Trinajstić information content (AvgIpc) is 3.17. The van der Waals surface area contributed by atoms with Gasteiger partial charge in [-0.3, -0.25) is 0 Å². The van der Waals surface area contributed by atoms with Crippen molar-refractivity contribution in [3.05, 3.63) is 72.8 Å². The normalized spacial score (nSPS) is 12.2. The topological polar surface area (TPSA) is 55.2 Å². The van der Waals surface area contributed by atoms with Gasteiger partial charge in [0.2, 0.25) is 0 Å². The zero-order valence-corrected chi connectivity index (χ0v) is 16.4. The SMILES string of the molecule is O[C@H](COc1ccccc1F)CSc1ncnc2sc(-c3ccccc3)cc12. The van der Waals surface area contributed by atoms with E-state index in [0.29, 0.717) is 5.75 Å². The van der Waals surface area contributed by atoms with Crippen molar-refractivity contribution >= 4 is 33.3 Å². The van der Waals surface area contributed by atoms with Crippen LogP contribution in [0.2, 0.25) is 0 Å². The Labute approximate surface area is 170 Å². The van der Waals surface area contributed by atoms with Gasteiger partial charge in [0.25, 0.3) is 0 Å². The van der Waals surface area contributed by atoms with Gasteiger partial charge in [0.05, 0.1) is 6.10 Å². The summed E-state index contributed by atoms with van der Waals surface area (Å²) in [7, 11) is 0. The molecule has 4 rings (SSSR count). The molecule has 4 aromatic rings. The van der Waals surface area contributed by atoms with E-state index in [1.165, 1.54) is 24.2 Å². The number of rotatable bonds is 7. The van der Waals surface area contributed by atoms with Crippen molar-refractivity contribution in [1.82, 2.24) is 9.97 Å². The minimum atomic E-state index is -0.748. The number of ether oxygens (including phenoxy) is 1. The molecule has 0 fully saturated rings. The third-order valence-corrected chi connectivity index (χ3v) is 6.27. The maximum Gasteiger partial charge on any atom is 0.165 e. The summed E-state index contributed by atoms with van der Waals surface area (Å²) in [6.07, 6.45) is 0.792. The lowest BCUT2D eigenvalue weighted by Gasteiger charge is -2.12. The molecule has 2 heterocycles. The molecule has 0 saturated heterocycles. The summed E-state index contributed by atoms with van der Waals surface area (Å²) in [4.78, 5) is 10.8.